The fourth-order valence-corrected chi connectivity index (χ4v) is 3.35. The minimum Gasteiger partial charge on any atom is -0.445 e. The van der Waals surface area contributed by atoms with E-state index in [9.17, 15) is 14.4 Å². The number of ether oxygens (including phenoxy) is 1. The molecule has 2 rings (SSSR count). The van der Waals surface area contributed by atoms with Gasteiger partial charge in [0.05, 0.1) is 6.54 Å². The third kappa shape index (κ3) is 7.73. The van der Waals surface area contributed by atoms with Gasteiger partial charge < -0.3 is 26.0 Å². The second-order valence-corrected chi connectivity index (χ2v) is 7.42. The predicted octanol–water partition coefficient (Wildman–Crippen LogP) is 1.40. The molecule has 0 bridgehead atoms. The normalized spacial score (nSPS) is 18.8. The number of carbonyl (C=O) groups is 3. The van der Waals surface area contributed by atoms with Gasteiger partial charge in [-0.15, -0.1) is 0 Å². The van der Waals surface area contributed by atoms with E-state index in [2.05, 4.69) is 17.6 Å². The monoisotopic (exact) mass is 404 g/mol. The van der Waals surface area contributed by atoms with Crippen LogP contribution in [0, 0.1) is 5.92 Å². The average molecular weight is 405 g/mol. The second-order valence-electron chi connectivity index (χ2n) is 7.42. The molecular weight excluding hydrogens is 372 g/mol. The number of carbonyl (C=O) groups excluding carboxylic acids is 3. The second kappa shape index (κ2) is 12.1. The molecule has 1 aromatic rings. The van der Waals surface area contributed by atoms with Gasteiger partial charge in [0.2, 0.25) is 11.8 Å². The summed E-state index contributed by atoms with van der Waals surface area (Å²) in [5, 5.41) is 5.60. The summed E-state index contributed by atoms with van der Waals surface area (Å²) in [6.45, 7) is 3.79. The first kappa shape index (κ1) is 22.7. The van der Waals surface area contributed by atoms with E-state index in [0.717, 1.165) is 18.4 Å². The van der Waals surface area contributed by atoms with Crippen molar-refractivity contribution in [2.45, 2.75) is 45.3 Å². The summed E-state index contributed by atoms with van der Waals surface area (Å²) in [4.78, 5) is 37.7. The Hall–Kier alpha value is -2.61. The fraction of sp³-hybridized carbons (Fsp3) is 0.571. The van der Waals surface area contributed by atoms with Crippen LogP contribution in [0.1, 0.15) is 38.2 Å². The molecule has 160 valence electrons. The molecule has 3 amide bonds. The van der Waals surface area contributed by atoms with Crippen molar-refractivity contribution in [1.29, 1.82) is 0 Å². The molecule has 8 heteroatoms. The standard InChI is InChI=1S/C21H32N4O4/c1-16-9-12-25(19(26)14-22)18(13-16)20(27)23-10-5-6-11-24-21(28)29-15-17-7-3-2-4-8-17/h2-4,7-8,16,18H,5-6,9-15,22H2,1H3,(H,23,27)(H,24,28)/t16-,18-/m0/s1. The SMILES string of the molecule is C[C@H]1CCN(C(=O)CN)[C@H](C(=O)NCCCCNC(=O)OCc2ccccc2)C1. The molecule has 4 N–H and O–H groups in total. The van der Waals surface area contributed by atoms with Gasteiger partial charge >= 0.3 is 6.09 Å². The third-order valence-corrected chi connectivity index (χ3v) is 5.05. The molecule has 1 heterocycles. The Morgan fingerprint density at radius 3 is 2.52 bits per heavy atom. The number of nitrogens with zero attached hydrogens (tertiary/aromatic N) is 1. The van der Waals surface area contributed by atoms with Gasteiger partial charge in [0, 0.05) is 19.6 Å². The molecule has 0 saturated carbocycles. The van der Waals surface area contributed by atoms with Crippen LogP contribution < -0.4 is 16.4 Å². The van der Waals surface area contributed by atoms with Crippen LogP contribution >= 0.6 is 0 Å². The summed E-state index contributed by atoms with van der Waals surface area (Å²) >= 11 is 0. The van der Waals surface area contributed by atoms with Gasteiger partial charge in [-0.2, -0.15) is 0 Å². The minimum atomic E-state index is -0.454. The number of hydrogen-bond acceptors (Lipinski definition) is 5. The number of benzene rings is 1. The Kier molecular flexibility index (Phi) is 9.43. The van der Waals surface area contributed by atoms with Crippen LogP contribution in [0.15, 0.2) is 30.3 Å². The molecule has 1 aromatic carbocycles. The van der Waals surface area contributed by atoms with Crippen LogP contribution in [0.4, 0.5) is 4.79 Å². The lowest BCUT2D eigenvalue weighted by atomic mass is 9.91. The highest BCUT2D eigenvalue weighted by Crippen LogP contribution is 2.22. The van der Waals surface area contributed by atoms with Crippen LogP contribution in [0.3, 0.4) is 0 Å². The molecule has 29 heavy (non-hydrogen) atoms. The molecule has 8 nitrogen and oxygen atoms in total. The maximum atomic E-state index is 12.5. The zero-order chi connectivity index (χ0) is 21.1. The number of piperidine rings is 1. The van der Waals surface area contributed by atoms with Gasteiger partial charge in [-0.1, -0.05) is 37.3 Å². The lowest BCUT2D eigenvalue weighted by Crippen LogP contribution is -2.54. The first-order valence-electron chi connectivity index (χ1n) is 10.2. The first-order valence-corrected chi connectivity index (χ1v) is 10.2. The van der Waals surface area contributed by atoms with Crippen molar-refractivity contribution in [1.82, 2.24) is 15.5 Å². The first-order chi connectivity index (χ1) is 14.0. The Morgan fingerprint density at radius 2 is 1.83 bits per heavy atom. The van der Waals surface area contributed by atoms with Crippen LogP contribution in [0.5, 0.6) is 0 Å². The summed E-state index contributed by atoms with van der Waals surface area (Å²) in [6.07, 6.45) is 2.53. The van der Waals surface area contributed by atoms with E-state index in [1.165, 1.54) is 0 Å². The van der Waals surface area contributed by atoms with Gasteiger partial charge in [0.25, 0.3) is 0 Å². The molecule has 0 unspecified atom stereocenters. The highest BCUT2D eigenvalue weighted by atomic mass is 16.5. The highest BCUT2D eigenvalue weighted by Gasteiger charge is 2.33. The number of nitrogens with two attached hydrogens (primary N) is 1. The van der Waals surface area contributed by atoms with Gasteiger partial charge in [-0.05, 0) is 37.2 Å². The summed E-state index contributed by atoms with van der Waals surface area (Å²) in [6, 6.07) is 9.04. The van der Waals surface area contributed by atoms with E-state index in [0.29, 0.717) is 38.4 Å². The number of amides is 3. The Morgan fingerprint density at radius 1 is 1.14 bits per heavy atom. The number of alkyl carbamates (subject to hydrolysis) is 1. The number of likely N-dealkylation sites (tertiary alicyclic amines) is 1. The number of nitrogens with one attached hydrogen (secondary N) is 2. The topological polar surface area (TPSA) is 114 Å². The van der Waals surface area contributed by atoms with E-state index in [-0.39, 0.29) is 25.0 Å². The van der Waals surface area contributed by atoms with Crippen molar-refractivity contribution in [2.24, 2.45) is 11.7 Å². The minimum absolute atomic E-state index is 0.0792. The van der Waals surface area contributed by atoms with Crippen molar-refractivity contribution < 1.29 is 19.1 Å². The molecule has 0 aliphatic carbocycles. The Labute approximate surface area is 172 Å². The van der Waals surface area contributed by atoms with Crippen LogP contribution in [0.2, 0.25) is 0 Å². The van der Waals surface area contributed by atoms with E-state index in [1.807, 2.05) is 30.3 Å². The van der Waals surface area contributed by atoms with Crippen LogP contribution in [-0.4, -0.2) is 55.0 Å². The van der Waals surface area contributed by atoms with Crippen molar-refractivity contribution in [3.8, 4) is 0 Å². The van der Waals surface area contributed by atoms with E-state index < -0.39 is 12.1 Å². The summed E-state index contributed by atoms with van der Waals surface area (Å²) < 4.78 is 5.14. The number of rotatable bonds is 9. The molecule has 1 aliphatic rings. The quantitative estimate of drug-likeness (QED) is 0.538. The molecule has 1 aliphatic heterocycles. The van der Waals surface area contributed by atoms with Crippen LogP contribution in [-0.2, 0) is 20.9 Å². The van der Waals surface area contributed by atoms with Gasteiger partial charge in [0.1, 0.15) is 12.6 Å². The molecular formula is C21H32N4O4. The predicted molar refractivity (Wildman–Crippen MR) is 110 cm³/mol. The molecule has 0 aromatic heterocycles. The van der Waals surface area contributed by atoms with Gasteiger partial charge in [-0.25, -0.2) is 4.79 Å². The number of unbranched alkanes of at least 4 members (excludes halogenated alkanes) is 1. The summed E-state index contributed by atoms with van der Waals surface area (Å²) in [5.41, 5.74) is 6.40. The summed E-state index contributed by atoms with van der Waals surface area (Å²) in [5.74, 6) is 0.0857. The lowest BCUT2D eigenvalue weighted by molar-refractivity contribution is -0.142. The maximum Gasteiger partial charge on any atom is 0.407 e. The maximum absolute atomic E-state index is 12.5. The van der Waals surface area contributed by atoms with Crippen molar-refractivity contribution in [3.63, 3.8) is 0 Å². The smallest absolute Gasteiger partial charge is 0.407 e. The number of hydrogen-bond donors (Lipinski definition) is 3. The molecule has 2 atom stereocenters. The average Bonchev–Trinajstić information content (AvgIpc) is 2.74. The van der Waals surface area contributed by atoms with Gasteiger partial charge in [0.15, 0.2) is 0 Å². The highest BCUT2D eigenvalue weighted by molar-refractivity contribution is 5.88. The largest absolute Gasteiger partial charge is 0.445 e. The molecule has 1 fully saturated rings. The van der Waals surface area contributed by atoms with E-state index >= 15 is 0 Å². The molecule has 0 radical (unpaired) electrons. The van der Waals surface area contributed by atoms with E-state index in [4.69, 9.17) is 10.5 Å². The zero-order valence-electron chi connectivity index (χ0n) is 17.1. The third-order valence-electron chi connectivity index (χ3n) is 5.05. The van der Waals surface area contributed by atoms with Crippen LogP contribution in [0.25, 0.3) is 0 Å². The fourth-order valence-electron chi connectivity index (χ4n) is 3.35. The van der Waals surface area contributed by atoms with Crippen molar-refractivity contribution >= 4 is 17.9 Å². The van der Waals surface area contributed by atoms with E-state index in [1.54, 1.807) is 4.90 Å². The summed E-state index contributed by atoms with van der Waals surface area (Å²) in [7, 11) is 0. The lowest BCUT2D eigenvalue weighted by Gasteiger charge is -2.37. The Bertz CT molecular complexity index is 668. The van der Waals surface area contributed by atoms with Crippen molar-refractivity contribution in [2.75, 3.05) is 26.2 Å². The Balaban J connectivity index is 1.59. The van der Waals surface area contributed by atoms with Gasteiger partial charge in [-0.3, -0.25) is 9.59 Å². The molecule has 1 saturated heterocycles. The molecule has 0 spiro atoms. The van der Waals surface area contributed by atoms with Crippen molar-refractivity contribution in [3.05, 3.63) is 35.9 Å². The zero-order valence-corrected chi connectivity index (χ0v) is 17.1.